The minimum atomic E-state index is -0.0554. The van der Waals surface area contributed by atoms with Crippen LogP contribution in [0.25, 0.3) is 0 Å². The number of aryl methyl sites for hydroxylation is 1. The Hall–Kier alpha value is -2.41. The second kappa shape index (κ2) is 7.45. The second-order valence-electron chi connectivity index (χ2n) is 7.03. The minimum absolute atomic E-state index is 0.00656. The summed E-state index contributed by atoms with van der Waals surface area (Å²) in [6, 6.07) is 10.2. The Bertz CT molecular complexity index is 742. The van der Waals surface area contributed by atoms with Crippen molar-refractivity contribution in [1.29, 1.82) is 0 Å². The fourth-order valence-corrected chi connectivity index (χ4v) is 3.84. The van der Waals surface area contributed by atoms with Crippen molar-refractivity contribution >= 4 is 6.03 Å². The van der Waals surface area contributed by atoms with Gasteiger partial charge in [0, 0.05) is 32.2 Å². The van der Waals surface area contributed by atoms with Crippen LogP contribution >= 0.6 is 0 Å². The number of likely N-dealkylation sites (tertiary alicyclic amines) is 1. The van der Waals surface area contributed by atoms with Crippen LogP contribution in [0.4, 0.5) is 4.79 Å². The lowest BCUT2D eigenvalue weighted by atomic mass is 9.89. The van der Waals surface area contributed by atoms with Crippen molar-refractivity contribution in [2.45, 2.75) is 37.7 Å². The molecule has 3 heterocycles. The van der Waals surface area contributed by atoms with Gasteiger partial charge in [-0.15, -0.1) is 0 Å². The average molecular weight is 356 g/mol. The molecule has 0 radical (unpaired) electrons. The van der Waals surface area contributed by atoms with Gasteiger partial charge in [0.05, 0.1) is 12.0 Å². The lowest BCUT2D eigenvalue weighted by Crippen LogP contribution is -2.41. The van der Waals surface area contributed by atoms with Gasteiger partial charge >= 0.3 is 6.03 Å². The highest BCUT2D eigenvalue weighted by atomic mass is 16.5. The first-order valence-corrected chi connectivity index (χ1v) is 9.20. The third-order valence-electron chi connectivity index (χ3n) is 5.20. The fraction of sp³-hybridized carbons (Fsp3) is 0.526. The van der Waals surface area contributed by atoms with E-state index in [1.165, 1.54) is 5.56 Å². The van der Waals surface area contributed by atoms with Gasteiger partial charge in [-0.05, 0) is 25.3 Å². The van der Waals surface area contributed by atoms with Crippen LogP contribution in [0.5, 0.6) is 0 Å². The molecule has 3 atom stereocenters. The Morgan fingerprint density at radius 3 is 2.77 bits per heavy atom. The summed E-state index contributed by atoms with van der Waals surface area (Å²) >= 11 is 0. The van der Waals surface area contributed by atoms with Crippen LogP contribution in [0.2, 0.25) is 0 Å². The fourth-order valence-electron chi connectivity index (χ4n) is 3.84. The lowest BCUT2D eigenvalue weighted by Gasteiger charge is -2.19. The molecule has 7 nitrogen and oxygen atoms in total. The van der Waals surface area contributed by atoms with Crippen LogP contribution in [-0.2, 0) is 4.74 Å². The smallest absolute Gasteiger partial charge is 0.317 e. The number of aromatic nitrogens is 2. The van der Waals surface area contributed by atoms with E-state index in [0.29, 0.717) is 31.3 Å². The van der Waals surface area contributed by atoms with E-state index in [-0.39, 0.29) is 24.0 Å². The zero-order valence-corrected chi connectivity index (χ0v) is 14.9. The molecule has 26 heavy (non-hydrogen) atoms. The second-order valence-corrected chi connectivity index (χ2v) is 7.03. The Balaban J connectivity index is 1.48. The molecule has 0 bridgehead atoms. The highest BCUT2D eigenvalue weighted by molar-refractivity contribution is 5.75. The number of nitrogens with one attached hydrogen (secondary N) is 1. The molecular weight excluding hydrogens is 332 g/mol. The molecule has 1 N–H and O–H groups in total. The van der Waals surface area contributed by atoms with Crippen LogP contribution in [0.1, 0.15) is 42.0 Å². The lowest BCUT2D eigenvalue weighted by molar-refractivity contribution is 0.109. The maximum atomic E-state index is 12.7. The molecule has 0 spiro atoms. The molecule has 4 rings (SSSR count). The summed E-state index contributed by atoms with van der Waals surface area (Å²) in [5.41, 5.74) is 1.18. The molecule has 2 aliphatic heterocycles. The number of ether oxygens (including phenoxy) is 1. The number of carbonyl (C=O) groups is 1. The van der Waals surface area contributed by atoms with Gasteiger partial charge < -0.3 is 19.5 Å². The number of hydrogen-bond donors (Lipinski definition) is 1. The van der Waals surface area contributed by atoms with E-state index in [1.54, 1.807) is 0 Å². The molecule has 0 unspecified atom stereocenters. The first kappa shape index (κ1) is 17.0. The van der Waals surface area contributed by atoms with Crippen molar-refractivity contribution in [3.63, 3.8) is 0 Å². The number of carbonyl (C=O) groups excluding carboxylic acids is 1. The van der Waals surface area contributed by atoms with Crippen LogP contribution in [0.3, 0.4) is 0 Å². The van der Waals surface area contributed by atoms with Gasteiger partial charge in [0.1, 0.15) is 0 Å². The molecule has 138 valence electrons. The first-order chi connectivity index (χ1) is 12.7. The van der Waals surface area contributed by atoms with E-state index < -0.39 is 0 Å². The summed E-state index contributed by atoms with van der Waals surface area (Å²) in [6.45, 7) is 4.37. The quantitative estimate of drug-likeness (QED) is 0.910. The third kappa shape index (κ3) is 3.58. The third-order valence-corrected chi connectivity index (χ3v) is 5.20. The van der Waals surface area contributed by atoms with Crippen LogP contribution < -0.4 is 5.32 Å². The van der Waals surface area contributed by atoms with Crippen LogP contribution in [0.15, 0.2) is 34.9 Å². The van der Waals surface area contributed by atoms with Gasteiger partial charge in [-0.2, -0.15) is 4.98 Å². The predicted molar refractivity (Wildman–Crippen MR) is 94.9 cm³/mol. The molecule has 2 amide bonds. The topological polar surface area (TPSA) is 80.5 Å². The summed E-state index contributed by atoms with van der Waals surface area (Å²) in [5, 5.41) is 6.94. The van der Waals surface area contributed by atoms with E-state index in [1.807, 2.05) is 30.0 Å². The van der Waals surface area contributed by atoms with Crippen molar-refractivity contribution in [1.82, 2.24) is 20.4 Å². The number of urea groups is 1. The van der Waals surface area contributed by atoms with Gasteiger partial charge in [-0.1, -0.05) is 35.5 Å². The Labute approximate surface area is 152 Å². The zero-order chi connectivity index (χ0) is 17.9. The van der Waals surface area contributed by atoms with Crippen molar-refractivity contribution in [3.05, 3.63) is 47.6 Å². The maximum absolute atomic E-state index is 12.7. The minimum Gasteiger partial charge on any atom is -0.376 e. The van der Waals surface area contributed by atoms with Crippen molar-refractivity contribution in [3.8, 4) is 0 Å². The first-order valence-electron chi connectivity index (χ1n) is 9.20. The van der Waals surface area contributed by atoms with E-state index in [0.717, 1.165) is 19.4 Å². The van der Waals surface area contributed by atoms with Gasteiger partial charge in [-0.3, -0.25) is 0 Å². The standard InChI is InChI=1S/C19H24N4O3/c1-13-21-18(26-22-13)17-12-23(11-16(17)14-6-3-2-4-7-14)19(24)20-10-15-8-5-9-25-15/h2-4,6-7,15-17H,5,8-12H2,1H3,(H,20,24)/t15-,16-,17-/m1/s1. The zero-order valence-electron chi connectivity index (χ0n) is 14.9. The Morgan fingerprint density at radius 1 is 1.27 bits per heavy atom. The van der Waals surface area contributed by atoms with Gasteiger partial charge in [0.25, 0.3) is 0 Å². The van der Waals surface area contributed by atoms with Crippen molar-refractivity contribution < 1.29 is 14.1 Å². The molecule has 2 saturated heterocycles. The summed E-state index contributed by atoms with van der Waals surface area (Å²) < 4.78 is 11.0. The summed E-state index contributed by atoms with van der Waals surface area (Å²) in [6.07, 6.45) is 2.22. The molecule has 0 saturated carbocycles. The Morgan fingerprint density at radius 2 is 2.08 bits per heavy atom. The van der Waals surface area contributed by atoms with Crippen LogP contribution in [-0.4, -0.2) is 53.4 Å². The highest BCUT2D eigenvalue weighted by Gasteiger charge is 2.40. The van der Waals surface area contributed by atoms with E-state index in [9.17, 15) is 4.79 Å². The largest absolute Gasteiger partial charge is 0.376 e. The van der Waals surface area contributed by atoms with Gasteiger partial charge in [0.2, 0.25) is 5.89 Å². The highest BCUT2D eigenvalue weighted by Crippen LogP contribution is 2.38. The van der Waals surface area contributed by atoms with E-state index >= 15 is 0 Å². The van der Waals surface area contributed by atoms with Gasteiger partial charge in [0.15, 0.2) is 5.82 Å². The number of nitrogens with zero attached hydrogens (tertiary/aromatic N) is 3. The molecule has 2 aliphatic rings. The summed E-state index contributed by atoms with van der Waals surface area (Å²) in [5.74, 6) is 1.37. The predicted octanol–water partition coefficient (Wildman–Crippen LogP) is 2.45. The molecule has 1 aromatic heterocycles. The summed E-state index contributed by atoms with van der Waals surface area (Å²) in [7, 11) is 0. The van der Waals surface area contributed by atoms with E-state index in [2.05, 4.69) is 27.6 Å². The number of amides is 2. The number of hydrogen-bond acceptors (Lipinski definition) is 5. The average Bonchev–Trinajstić information content (AvgIpc) is 3.40. The maximum Gasteiger partial charge on any atom is 0.317 e. The summed E-state index contributed by atoms with van der Waals surface area (Å²) in [4.78, 5) is 18.9. The molecule has 2 aromatic rings. The molecular formula is C19H24N4O3. The Kier molecular flexibility index (Phi) is 4.88. The number of benzene rings is 1. The van der Waals surface area contributed by atoms with E-state index in [4.69, 9.17) is 9.26 Å². The SMILES string of the molecule is Cc1noc([C@@H]2CN(C(=O)NC[C@H]3CCCO3)C[C@@H]2c2ccccc2)n1. The molecule has 1 aromatic carbocycles. The van der Waals surface area contributed by atoms with Crippen molar-refractivity contribution in [2.24, 2.45) is 0 Å². The van der Waals surface area contributed by atoms with Crippen molar-refractivity contribution in [2.75, 3.05) is 26.2 Å². The monoisotopic (exact) mass is 356 g/mol. The molecule has 0 aliphatic carbocycles. The van der Waals surface area contributed by atoms with Gasteiger partial charge in [-0.25, -0.2) is 4.79 Å². The normalized spacial score (nSPS) is 25.6. The molecule has 2 fully saturated rings. The molecule has 7 heteroatoms. The van der Waals surface area contributed by atoms with Crippen LogP contribution in [0, 0.1) is 6.92 Å². The number of rotatable bonds is 4.